The zero-order valence-corrected chi connectivity index (χ0v) is 8.85. The molecule has 12 heavy (non-hydrogen) atoms. The first-order chi connectivity index (χ1) is 4.81. The molecular weight excluding hydrogens is 195 g/mol. The highest BCUT2D eigenvalue weighted by molar-refractivity contribution is 5.85. The van der Waals surface area contributed by atoms with E-state index in [1.165, 1.54) is 38.8 Å². The molecule has 0 bridgehead atoms. The van der Waals surface area contributed by atoms with Crippen LogP contribution in [0.3, 0.4) is 0 Å². The van der Waals surface area contributed by atoms with Crippen LogP contribution in [0.4, 0.5) is 0 Å². The summed E-state index contributed by atoms with van der Waals surface area (Å²) >= 11 is 0. The zero-order chi connectivity index (χ0) is 7.03. The van der Waals surface area contributed by atoms with Gasteiger partial charge in [-0.3, -0.25) is 0 Å². The minimum absolute atomic E-state index is 0. The number of piperidine rings is 1. The second-order valence-corrected chi connectivity index (χ2v) is 3.76. The van der Waals surface area contributed by atoms with Crippen LogP contribution in [0, 0.1) is 5.92 Å². The minimum atomic E-state index is 0. The van der Waals surface area contributed by atoms with Gasteiger partial charge in [-0.25, -0.2) is 0 Å². The van der Waals surface area contributed by atoms with Crippen LogP contribution in [-0.2, 0) is 0 Å². The number of nitrogens with two attached hydrogens (primary N) is 1. The van der Waals surface area contributed by atoms with E-state index in [1.54, 1.807) is 0 Å². The van der Waals surface area contributed by atoms with Gasteiger partial charge in [0.1, 0.15) is 0 Å². The molecule has 1 heterocycles. The molecule has 1 saturated heterocycles. The third-order valence-electron chi connectivity index (χ3n) is 2.98. The van der Waals surface area contributed by atoms with Crippen molar-refractivity contribution in [2.75, 3.05) is 13.1 Å². The summed E-state index contributed by atoms with van der Waals surface area (Å²) in [5, 5.41) is 3.36. The highest BCUT2D eigenvalue weighted by Gasteiger charge is 2.45. The van der Waals surface area contributed by atoms with Gasteiger partial charge in [0, 0.05) is 5.54 Å². The number of nitrogens with one attached hydrogen (secondary N) is 1. The highest BCUT2D eigenvalue weighted by Crippen LogP contribution is 2.43. The lowest BCUT2D eigenvalue weighted by Gasteiger charge is -2.27. The first kappa shape index (κ1) is 12.5. The van der Waals surface area contributed by atoms with Gasteiger partial charge in [0.15, 0.2) is 0 Å². The molecule has 74 valence electrons. The zero-order valence-electron chi connectivity index (χ0n) is 7.21. The Balaban J connectivity index is 0.000000605. The molecule has 3 N–H and O–H groups in total. The van der Waals surface area contributed by atoms with E-state index in [0.29, 0.717) is 0 Å². The number of hydrogen-bond donors (Lipinski definition) is 2. The van der Waals surface area contributed by atoms with Crippen LogP contribution < -0.4 is 11.1 Å². The van der Waals surface area contributed by atoms with Crippen molar-refractivity contribution >= 4 is 24.8 Å². The van der Waals surface area contributed by atoms with Crippen LogP contribution >= 0.6 is 24.8 Å². The van der Waals surface area contributed by atoms with Crippen molar-refractivity contribution in [1.82, 2.24) is 5.32 Å². The molecule has 0 amide bonds. The average molecular weight is 213 g/mol. The fourth-order valence-electron chi connectivity index (χ4n) is 1.95. The normalized spacial score (nSPS) is 26.8. The van der Waals surface area contributed by atoms with Gasteiger partial charge in [0.25, 0.3) is 0 Å². The Morgan fingerprint density at radius 1 is 1.08 bits per heavy atom. The largest absolute Gasteiger partial charge is 0.325 e. The predicted molar refractivity (Wildman–Crippen MR) is 56.2 cm³/mol. The summed E-state index contributed by atoms with van der Waals surface area (Å²) in [4.78, 5) is 0. The SMILES string of the molecule is Cl.Cl.NC1(C2CCNCC2)CC1. The summed E-state index contributed by atoms with van der Waals surface area (Å²) in [6.45, 7) is 2.37. The van der Waals surface area contributed by atoms with Gasteiger partial charge < -0.3 is 11.1 Å². The van der Waals surface area contributed by atoms with Gasteiger partial charge in [-0.15, -0.1) is 24.8 Å². The van der Waals surface area contributed by atoms with E-state index in [-0.39, 0.29) is 30.4 Å². The lowest BCUT2D eigenvalue weighted by atomic mass is 9.89. The van der Waals surface area contributed by atoms with Crippen LogP contribution in [0.5, 0.6) is 0 Å². The standard InChI is InChI=1S/C8H16N2.2ClH/c9-8(3-4-8)7-1-5-10-6-2-7;;/h7,10H,1-6,9H2;2*1H. The van der Waals surface area contributed by atoms with Crippen LogP contribution in [0.15, 0.2) is 0 Å². The van der Waals surface area contributed by atoms with Gasteiger partial charge in [0.2, 0.25) is 0 Å². The summed E-state index contributed by atoms with van der Waals surface area (Å²) in [7, 11) is 0. The van der Waals surface area contributed by atoms with Crippen molar-refractivity contribution in [2.24, 2.45) is 11.7 Å². The maximum absolute atomic E-state index is 6.09. The third kappa shape index (κ3) is 2.49. The molecule has 2 rings (SSSR count). The average Bonchev–Trinajstić information content (AvgIpc) is 2.72. The van der Waals surface area contributed by atoms with E-state index < -0.39 is 0 Å². The monoisotopic (exact) mass is 212 g/mol. The Morgan fingerprint density at radius 3 is 2.00 bits per heavy atom. The van der Waals surface area contributed by atoms with Gasteiger partial charge in [-0.2, -0.15) is 0 Å². The van der Waals surface area contributed by atoms with Crippen LogP contribution in [0.1, 0.15) is 25.7 Å². The molecule has 2 nitrogen and oxygen atoms in total. The lowest BCUT2D eigenvalue weighted by Crippen LogP contribution is -2.40. The second-order valence-electron chi connectivity index (χ2n) is 3.76. The van der Waals surface area contributed by atoms with E-state index in [9.17, 15) is 0 Å². The molecule has 0 aromatic heterocycles. The van der Waals surface area contributed by atoms with Crippen LogP contribution in [0.2, 0.25) is 0 Å². The van der Waals surface area contributed by atoms with Crippen molar-refractivity contribution in [3.05, 3.63) is 0 Å². The predicted octanol–water partition coefficient (Wildman–Crippen LogP) is 1.32. The first-order valence-corrected chi connectivity index (χ1v) is 4.31. The Morgan fingerprint density at radius 2 is 1.58 bits per heavy atom. The number of halogens is 2. The molecule has 2 fully saturated rings. The van der Waals surface area contributed by atoms with Crippen LogP contribution in [0.25, 0.3) is 0 Å². The molecular formula is C8H18Cl2N2. The maximum atomic E-state index is 6.09. The highest BCUT2D eigenvalue weighted by atomic mass is 35.5. The number of hydrogen-bond acceptors (Lipinski definition) is 2. The summed E-state index contributed by atoms with van der Waals surface area (Å²) in [6, 6.07) is 0. The molecule has 0 spiro atoms. The Bertz CT molecular complexity index is 131. The van der Waals surface area contributed by atoms with E-state index in [4.69, 9.17) is 5.73 Å². The molecule has 0 aromatic carbocycles. The maximum Gasteiger partial charge on any atom is 0.0185 e. The lowest BCUT2D eigenvalue weighted by molar-refractivity contribution is 0.304. The quantitative estimate of drug-likeness (QED) is 0.689. The van der Waals surface area contributed by atoms with Gasteiger partial charge >= 0.3 is 0 Å². The van der Waals surface area contributed by atoms with Crippen molar-refractivity contribution in [1.29, 1.82) is 0 Å². The number of rotatable bonds is 1. The molecule has 0 radical (unpaired) electrons. The molecule has 2 aliphatic rings. The molecule has 4 heteroatoms. The van der Waals surface area contributed by atoms with Crippen molar-refractivity contribution in [3.8, 4) is 0 Å². The van der Waals surface area contributed by atoms with Crippen LogP contribution in [-0.4, -0.2) is 18.6 Å². The second kappa shape index (κ2) is 4.66. The van der Waals surface area contributed by atoms with Crippen molar-refractivity contribution in [2.45, 2.75) is 31.2 Å². The smallest absolute Gasteiger partial charge is 0.0185 e. The third-order valence-corrected chi connectivity index (χ3v) is 2.98. The molecule has 0 atom stereocenters. The summed E-state index contributed by atoms with van der Waals surface area (Å²) in [5.74, 6) is 0.828. The molecule has 1 aliphatic heterocycles. The van der Waals surface area contributed by atoms with E-state index >= 15 is 0 Å². The van der Waals surface area contributed by atoms with E-state index in [1.807, 2.05) is 0 Å². The van der Waals surface area contributed by atoms with E-state index in [0.717, 1.165) is 5.92 Å². The Kier molecular flexibility index (Phi) is 4.85. The molecule has 0 aromatic rings. The minimum Gasteiger partial charge on any atom is -0.325 e. The Labute approximate surface area is 86.5 Å². The van der Waals surface area contributed by atoms with Crippen molar-refractivity contribution in [3.63, 3.8) is 0 Å². The molecule has 1 saturated carbocycles. The van der Waals surface area contributed by atoms with Gasteiger partial charge in [-0.05, 0) is 44.7 Å². The van der Waals surface area contributed by atoms with Gasteiger partial charge in [0.05, 0.1) is 0 Å². The summed E-state index contributed by atoms with van der Waals surface area (Å²) in [6.07, 6.45) is 5.16. The summed E-state index contributed by atoms with van der Waals surface area (Å²) < 4.78 is 0. The molecule has 1 aliphatic carbocycles. The van der Waals surface area contributed by atoms with Gasteiger partial charge in [-0.1, -0.05) is 0 Å². The topological polar surface area (TPSA) is 38.0 Å². The first-order valence-electron chi connectivity index (χ1n) is 4.31. The fourth-order valence-corrected chi connectivity index (χ4v) is 1.95. The fraction of sp³-hybridized carbons (Fsp3) is 1.00. The van der Waals surface area contributed by atoms with Crippen molar-refractivity contribution < 1.29 is 0 Å². The Hall–Kier alpha value is 0.500. The summed E-state index contributed by atoms with van der Waals surface area (Å²) in [5.41, 5.74) is 6.37. The molecule has 0 unspecified atom stereocenters. The van der Waals surface area contributed by atoms with E-state index in [2.05, 4.69) is 5.32 Å².